The normalized spacial score (nSPS) is 14.2. The quantitative estimate of drug-likeness (QED) is 0.613. The lowest BCUT2D eigenvalue weighted by atomic mass is 9.97. The summed E-state index contributed by atoms with van der Waals surface area (Å²) in [6.07, 6.45) is 0.626. The highest BCUT2D eigenvalue weighted by molar-refractivity contribution is 6.30. The Bertz CT molecular complexity index is 606. The van der Waals surface area contributed by atoms with Crippen molar-refractivity contribution in [1.29, 1.82) is 0 Å². The molecule has 0 radical (unpaired) electrons. The molecule has 8 heteroatoms. The maximum atomic E-state index is 12.5. The van der Waals surface area contributed by atoms with Crippen molar-refractivity contribution in [1.82, 2.24) is 10.6 Å². The van der Waals surface area contributed by atoms with E-state index >= 15 is 0 Å². The number of carboxylic acids is 1. The topological polar surface area (TPSA) is 105 Å². The number of nitrogens with one attached hydrogen (secondary N) is 2. The molecule has 3 N–H and O–H groups in total. The van der Waals surface area contributed by atoms with Gasteiger partial charge in [0.05, 0.1) is 6.61 Å². The fraction of sp³-hybridized carbons (Fsp3) is 0.471. The minimum Gasteiger partial charge on any atom is -0.480 e. The van der Waals surface area contributed by atoms with Crippen LogP contribution in [0.1, 0.15) is 30.6 Å². The number of hydrogen-bond acceptors (Lipinski definition) is 4. The molecule has 0 saturated carbocycles. The Labute approximate surface area is 151 Å². The fourth-order valence-corrected chi connectivity index (χ4v) is 2.26. The first kappa shape index (κ1) is 20.9. The molecule has 0 spiro atoms. The Morgan fingerprint density at radius 1 is 1.20 bits per heavy atom. The van der Waals surface area contributed by atoms with Crippen LogP contribution in [0.2, 0.25) is 5.02 Å². The van der Waals surface area contributed by atoms with Crippen molar-refractivity contribution in [2.24, 2.45) is 5.92 Å². The largest absolute Gasteiger partial charge is 0.480 e. The molecule has 0 bridgehead atoms. The van der Waals surface area contributed by atoms with Crippen molar-refractivity contribution < 1.29 is 24.2 Å². The molecule has 1 aromatic carbocycles. The van der Waals surface area contributed by atoms with Gasteiger partial charge in [-0.25, -0.2) is 4.79 Å². The molecular formula is C17H23ClN2O5. The summed E-state index contributed by atoms with van der Waals surface area (Å²) in [5, 5.41) is 14.7. The Kier molecular flexibility index (Phi) is 8.37. The van der Waals surface area contributed by atoms with Gasteiger partial charge in [-0.1, -0.05) is 31.9 Å². The number of carbonyl (C=O) groups is 3. The fourth-order valence-electron chi connectivity index (χ4n) is 2.13. The van der Waals surface area contributed by atoms with Gasteiger partial charge in [0.2, 0.25) is 5.91 Å². The molecule has 138 valence electrons. The summed E-state index contributed by atoms with van der Waals surface area (Å²) in [6.45, 7) is 3.52. The minimum atomic E-state index is -1.21. The third-order valence-electron chi connectivity index (χ3n) is 3.84. The smallest absolute Gasteiger partial charge is 0.328 e. The Morgan fingerprint density at radius 2 is 1.80 bits per heavy atom. The van der Waals surface area contributed by atoms with E-state index < -0.39 is 29.9 Å². The van der Waals surface area contributed by atoms with Gasteiger partial charge in [0.15, 0.2) is 6.04 Å². The zero-order valence-corrected chi connectivity index (χ0v) is 15.2. The van der Waals surface area contributed by atoms with E-state index in [1.54, 1.807) is 31.2 Å². The van der Waals surface area contributed by atoms with E-state index in [0.29, 0.717) is 17.0 Å². The molecule has 2 amide bonds. The number of carbonyl (C=O) groups excluding carboxylic acids is 2. The highest BCUT2D eigenvalue weighted by Crippen LogP contribution is 2.12. The van der Waals surface area contributed by atoms with E-state index in [2.05, 4.69) is 10.6 Å². The summed E-state index contributed by atoms with van der Waals surface area (Å²) >= 11 is 5.80. The molecule has 3 atom stereocenters. The van der Waals surface area contributed by atoms with Crippen LogP contribution in [0.15, 0.2) is 24.3 Å². The number of benzene rings is 1. The predicted molar refractivity (Wildman–Crippen MR) is 93.6 cm³/mol. The number of amides is 2. The highest BCUT2D eigenvalue weighted by Gasteiger charge is 2.30. The van der Waals surface area contributed by atoms with Crippen LogP contribution in [0.25, 0.3) is 0 Å². The first-order valence-corrected chi connectivity index (χ1v) is 8.26. The minimum absolute atomic E-state index is 0.167. The molecule has 0 heterocycles. The van der Waals surface area contributed by atoms with Gasteiger partial charge in [-0.15, -0.1) is 0 Å². The van der Waals surface area contributed by atoms with Crippen LogP contribution in [0.4, 0.5) is 0 Å². The van der Waals surface area contributed by atoms with Crippen molar-refractivity contribution in [3.63, 3.8) is 0 Å². The van der Waals surface area contributed by atoms with Crippen molar-refractivity contribution >= 4 is 29.4 Å². The van der Waals surface area contributed by atoms with E-state index in [-0.39, 0.29) is 12.5 Å². The third-order valence-corrected chi connectivity index (χ3v) is 4.09. The van der Waals surface area contributed by atoms with Crippen molar-refractivity contribution in [2.75, 3.05) is 13.7 Å². The second kappa shape index (κ2) is 10.0. The molecular weight excluding hydrogens is 348 g/mol. The second-order valence-corrected chi connectivity index (χ2v) is 6.13. The standard InChI is InChI=1S/C17H23ClN2O5/c1-4-10(2)14(16(22)19-13(9-25-3)17(23)24)20-15(21)11-5-7-12(18)8-6-11/h5-8,10,13-14H,4,9H2,1-3H3,(H,19,22)(H,20,21)(H,23,24). The van der Waals surface area contributed by atoms with E-state index in [1.165, 1.54) is 7.11 Å². The van der Waals surface area contributed by atoms with Crippen LogP contribution in [0.5, 0.6) is 0 Å². The van der Waals surface area contributed by atoms with Crippen LogP contribution in [-0.4, -0.2) is 48.7 Å². The molecule has 0 fully saturated rings. The predicted octanol–water partition coefficient (Wildman–Crippen LogP) is 1.70. The second-order valence-electron chi connectivity index (χ2n) is 5.70. The van der Waals surface area contributed by atoms with Gasteiger partial charge in [-0.05, 0) is 30.2 Å². The first-order chi connectivity index (χ1) is 11.8. The lowest BCUT2D eigenvalue weighted by molar-refractivity contribution is -0.143. The van der Waals surface area contributed by atoms with Gasteiger partial charge in [0.25, 0.3) is 5.91 Å². The molecule has 0 saturated heterocycles. The van der Waals surface area contributed by atoms with E-state index in [0.717, 1.165) is 0 Å². The average Bonchev–Trinajstić information content (AvgIpc) is 2.58. The Morgan fingerprint density at radius 3 is 2.28 bits per heavy atom. The van der Waals surface area contributed by atoms with Crippen molar-refractivity contribution in [2.45, 2.75) is 32.4 Å². The Balaban J connectivity index is 2.89. The number of hydrogen-bond donors (Lipinski definition) is 3. The highest BCUT2D eigenvalue weighted by atomic mass is 35.5. The monoisotopic (exact) mass is 370 g/mol. The maximum absolute atomic E-state index is 12.5. The van der Waals surface area contributed by atoms with Gasteiger partial charge < -0.3 is 20.5 Å². The van der Waals surface area contributed by atoms with Crippen LogP contribution in [0.3, 0.4) is 0 Å². The van der Waals surface area contributed by atoms with Gasteiger partial charge in [-0.3, -0.25) is 9.59 Å². The zero-order chi connectivity index (χ0) is 19.0. The SMILES string of the molecule is CCC(C)C(NC(=O)c1ccc(Cl)cc1)C(=O)NC(COC)C(=O)O. The summed E-state index contributed by atoms with van der Waals surface area (Å²) in [4.78, 5) is 36.0. The molecule has 3 unspecified atom stereocenters. The molecule has 1 aromatic rings. The molecule has 0 aliphatic heterocycles. The summed E-state index contributed by atoms with van der Waals surface area (Å²) in [5.41, 5.74) is 0.358. The van der Waals surface area contributed by atoms with Crippen molar-refractivity contribution in [3.8, 4) is 0 Å². The van der Waals surface area contributed by atoms with Crippen LogP contribution in [0, 0.1) is 5.92 Å². The van der Waals surface area contributed by atoms with E-state index in [4.69, 9.17) is 21.4 Å². The van der Waals surface area contributed by atoms with Crippen LogP contribution < -0.4 is 10.6 Å². The van der Waals surface area contributed by atoms with Gasteiger partial charge in [0.1, 0.15) is 6.04 Å². The van der Waals surface area contributed by atoms with Gasteiger partial charge >= 0.3 is 5.97 Å². The summed E-state index contributed by atoms with van der Waals surface area (Å²) in [5.74, 6) is -2.40. The first-order valence-electron chi connectivity index (χ1n) is 7.88. The average molecular weight is 371 g/mol. The van der Waals surface area contributed by atoms with E-state index in [1.807, 2.05) is 6.92 Å². The molecule has 1 rings (SSSR count). The molecule has 7 nitrogen and oxygen atoms in total. The summed E-state index contributed by atoms with van der Waals surface area (Å²) in [7, 11) is 1.34. The number of halogens is 1. The lowest BCUT2D eigenvalue weighted by Gasteiger charge is -2.25. The number of methoxy groups -OCH3 is 1. The van der Waals surface area contributed by atoms with Gasteiger partial charge in [-0.2, -0.15) is 0 Å². The number of rotatable bonds is 9. The number of ether oxygens (including phenoxy) is 1. The van der Waals surface area contributed by atoms with Crippen LogP contribution >= 0.6 is 11.6 Å². The molecule has 0 aromatic heterocycles. The Hall–Kier alpha value is -2.12. The van der Waals surface area contributed by atoms with Crippen molar-refractivity contribution in [3.05, 3.63) is 34.9 Å². The maximum Gasteiger partial charge on any atom is 0.328 e. The zero-order valence-electron chi connectivity index (χ0n) is 14.4. The molecule has 0 aliphatic carbocycles. The lowest BCUT2D eigenvalue weighted by Crippen LogP contribution is -2.55. The number of carboxylic acid groups (broad SMARTS) is 1. The third kappa shape index (κ3) is 6.36. The van der Waals surface area contributed by atoms with Crippen LogP contribution in [-0.2, 0) is 14.3 Å². The molecule has 0 aliphatic rings. The summed E-state index contributed by atoms with van der Waals surface area (Å²) in [6, 6.07) is 4.20. The van der Waals surface area contributed by atoms with E-state index in [9.17, 15) is 14.4 Å². The van der Waals surface area contributed by atoms with Gasteiger partial charge in [0, 0.05) is 17.7 Å². The summed E-state index contributed by atoms with van der Waals surface area (Å²) < 4.78 is 4.80. The molecule has 25 heavy (non-hydrogen) atoms. The number of aliphatic carboxylic acids is 1.